The van der Waals surface area contributed by atoms with Gasteiger partial charge in [-0.25, -0.2) is 0 Å². The Balaban J connectivity index is 1.29. The smallest absolute Gasteiger partial charge is 0.306 e. The number of hydrogen-bond acceptors (Lipinski definition) is 6. The molecule has 0 aromatic carbocycles. The van der Waals surface area contributed by atoms with Crippen LogP contribution in [0.25, 0.3) is 11.4 Å². The zero-order chi connectivity index (χ0) is 15.6. The third kappa shape index (κ3) is 3.11. The van der Waals surface area contributed by atoms with Crippen molar-refractivity contribution in [3.63, 3.8) is 0 Å². The van der Waals surface area contributed by atoms with Gasteiger partial charge in [0.25, 0.3) is 5.89 Å². The van der Waals surface area contributed by atoms with Crippen LogP contribution < -0.4 is 0 Å². The van der Waals surface area contributed by atoms with Crippen molar-refractivity contribution in [2.45, 2.75) is 38.7 Å². The average Bonchev–Trinajstić information content (AvgIpc) is 3.30. The first-order chi connectivity index (χ1) is 11.3. The molecule has 2 heterocycles. The molecule has 2 aliphatic carbocycles. The summed E-state index contributed by atoms with van der Waals surface area (Å²) >= 11 is 0. The van der Waals surface area contributed by atoms with Crippen LogP contribution in [0.3, 0.4) is 0 Å². The van der Waals surface area contributed by atoms with Crippen molar-refractivity contribution in [2.75, 3.05) is 0 Å². The van der Waals surface area contributed by atoms with Gasteiger partial charge in [0.2, 0.25) is 5.82 Å². The largest absolute Gasteiger partial charge is 0.456 e. The zero-order valence-corrected chi connectivity index (χ0v) is 12.9. The van der Waals surface area contributed by atoms with Gasteiger partial charge in [-0.2, -0.15) is 4.98 Å². The lowest BCUT2D eigenvalue weighted by molar-refractivity contribution is -0.147. The van der Waals surface area contributed by atoms with Gasteiger partial charge in [0.15, 0.2) is 6.61 Å². The first kappa shape index (κ1) is 14.4. The fourth-order valence-electron chi connectivity index (χ4n) is 3.97. The van der Waals surface area contributed by atoms with E-state index >= 15 is 0 Å². The maximum absolute atomic E-state index is 12.0. The van der Waals surface area contributed by atoms with E-state index in [1.165, 1.54) is 25.7 Å². The Bertz CT molecular complexity index is 685. The second-order valence-electron chi connectivity index (χ2n) is 6.55. The van der Waals surface area contributed by atoms with Crippen LogP contribution in [-0.2, 0) is 16.1 Å². The van der Waals surface area contributed by atoms with E-state index in [0.29, 0.717) is 24.1 Å². The van der Waals surface area contributed by atoms with Crippen molar-refractivity contribution in [1.29, 1.82) is 0 Å². The highest BCUT2D eigenvalue weighted by molar-refractivity contribution is 5.69. The van der Waals surface area contributed by atoms with Crippen molar-refractivity contribution in [1.82, 2.24) is 15.1 Å². The van der Waals surface area contributed by atoms with E-state index in [0.717, 1.165) is 17.4 Å². The van der Waals surface area contributed by atoms with Gasteiger partial charge in [-0.1, -0.05) is 11.6 Å². The molecule has 120 valence electrons. The topological polar surface area (TPSA) is 78.1 Å². The number of esters is 1. The molecule has 0 saturated heterocycles. The van der Waals surface area contributed by atoms with Gasteiger partial charge in [0.1, 0.15) is 0 Å². The summed E-state index contributed by atoms with van der Waals surface area (Å²) in [6.07, 6.45) is 8.97. The zero-order valence-electron chi connectivity index (χ0n) is 12.9. The van der Waals surface area contributed by atoms with Crippen molar-refractivity contribution < 1.29 is 14.1 Å². The van der Waals surface area contributed by atoms with Crippen LogP contribution in [0.5, 0.6) is 0 Å². The number of carbonyl (C=O) groups excluding carboxylic acids is 1. The highest BCUT2D eigenvalue weighted by Crippen LogP contribution is 2.49. The van der Waals surface area contributed by atoms with Crippen LogP contribution in [0.4, 0.5) is 0 Å². The van der Waals surface area contributed by atoms with Crippen molar-refractivity contribution in [3.8, 4) is 11.4 Å². The van der Waals surface area contributed by atoms with Crippen LogP contribution in [0, 0.1) is 17.8 Å². The summed E-state index contributed by atoms with van der Waals surface area (Å²) in [6.45, 7) is 0.0346. The summed E-state index contributed by atoms with van der Waals surface area (Å²) in [5.41, 5.74) is 0.774. The quantitative estimate of drug-likeness (QED) is 0.790. The van der Waals surface area contributed by atoms with Gasteiger partial charge < -0.3 is 9.26 Å². The summed E-state index contributed by atoms with van der Waals surface area (Å²) in [7, 11) is 0. The first-order valence-corrected chi connectivity index (χ1v) is 8.16. The molecule has 0 unspecified atom stereocenters. The molecular weight excluding hydrogens is 294 g/mol. The number of rotatable bonds is 5. The van der Waals surface area contributed by atoms with Crippen LogP contribution in [0.2, 0.25) is 0 Å². The third-order valence-corrected chi connectivity index (χ3v) is 5.06. The summed E-state index contributed by atoms with van der Waals surface area (Å²) in [5, 5.41) is 3.88. The molecule has 6 heteroatoms. The average molecular weight is 313 g/mol. The van der Waals surface area contributed by atoms with Crippen molar-refractivity contribution in [2.24, 2.45) is 17.8 Å². The number of pyridine rings is 1. The Morgan fingerprint density at radius 1 is 1.35 bits per heavy atom. The summed E-state index contributed by atoms with van der Waals surface area (Å²) in [5.74, 6) is 2.69. The van der Waals surface area contributed by atoms with E-state index < -0.39 is 0 Å². The van der Waals surface area contributed by atoms with Gasteiger partial charge in [-0.3, -0.25) is 9.78 Å². The van der Waals surface area contributed by atoms with E-state index in [4.69, 9.17) is 9.26 Å². The highest BCUT2D eigenvalue weighted by Gasteiger charge is 2.40. The van der Waals surface area contributed by atoms with Crippen molar-refractivity contribution >= 4 is 5.97 Å². The maximum atomic E-state index is 12.0. The number of fused-ring (bicyclic) bond motifs is 2. The molecular formula is C17H19N3O3. The summed E-state index contributed by atoms with van der Waals surface area (Å²) in [4.78, 5) is 20.2. The Hall–Kier alpha value is -2.24. The molecule has 0 aliphatic heterocycles. The van der Waals surface area contributed by atoms with E-state index in [-0.39, 0.29) is 12.6 Å². The fraction of sp³-hybridized carbons (Fsp3) is 0.529. The van der Waals surface area contributed by atoms with Crippen LogP contribution >= 0.6 is 0 Å². The number of ether oxygens (including phenoxy) is 1. The lowest BCUT2D eigenvalue weighted by Crippen LogP contribution is -2.17. The molecule has 3 atom stereocenters. The van der Waals surface area contributed by atoms with Crippen LogP contribution in [0.15, 0.2) is 29.0 Å². The van der Waals surface area contributed by atoms with E-state index in [1.54, 1.807) is 18.5 Å². The second-order valence-corrected chi connectivity index (χ2v) is 6.55. The van der Waals surface area contributed by atoms with Gasteiger partial charge in [0, 0.05) is 24.4 Å². The molecule has 0 N–H and O–H groups in total. The molecule has 2 fully saturated rings. The van der Waals surface area contributed by atoms with Gasteiger partial charge in [-0.05, 0) is 49.1 Å². The van der Waals surface area contributed by atoms with Crippen LogP contribution in [-0.4, -0.2) is 21.1 Å². The van der Waals surface area contributed by atoms with Gasteiger partial charge in [-0.15, -0.1) is 0 Å². The molecule has 2 saturated carbocycles. The Kier molecular flexibility index (Phi) is 3.81. The van der Waals surface area contributed by atoms with Crippen LogP contribution in [0.1, 0.15) is 38.0 Å². The number of carbonyl (C=O) groups is 1. The predicted octanol–water partition coefficient (Wildman–Crippen LogP) is 3.00. The minimum atomic E-state index is -0.163. The number of aromatic nitrogens is 3. The monoisotopic (exact) mass is 313 g/mol. The number of hydrogen-bond donors (Lipinski definition) is 0. The maximum Gasteiger partial charge on any atom is 0.306 e. The third-order valence-electron chi connectivity index (χ3n) is 5.06. The molecule has 2 aromatic rings. The lowest BCUT2D eigenvalue weighted by atomic mass is 9.86. The van der Waals surface area contributed by atoms with E-state index in [1.807, 2.05) is 6.07 Å². The molecule has 2 aliphatic rings. The first-order valence-electron chi connectivity index (χ1n) is 8.16. The molecule has 0 spiro atoms. The van der Waals surface area contributed by atoms with Gasteiger partial charge >= 0.3 is 5.97 Å². The Labute approximate surface area is 134 Å². The van der Waals surface area contributed by atoms with Gasteiger partial charge in [0.05, 0.1) is 0 Å². The summed E-state index contributed by atoms with van der Waals surface area (Å²) < 4.78 is 10.4. The SMILES string of the molecule is O=C(C[C@@H]1C[C@H]2CC[C@H]1C2)OCc1nc(-c2cccnc2)no1. The molecule has 0 amide bonds. The predicted molar refractivity (Wildman–Crippen MR) is 80.9 cm³/mol. The molecule has 2 bridgehead atoms. The Morgan fingerprint density at radius 2 is 2.30 bits per heavy atom. The Morgan fingerprint density at radius 3 is 3.04 bits per heavy atom. The molecule has 6 nitrogen and oxygen atoms in total. The normalized spacial score (nSPS) is 25.7. The highest BCUT2D eigenvalue weighted by atomic mass is 16.6. The number of nitrogens with zero attached hydrogens (tertiary/aromatic N) is 3. The molecule has 0 radical (unpaired) electrons. The minimum Gasteiger partial charge on any atom is -0.456 e. The molecule has 2 aromatic heterocycles. The van der Waals surface area contributed by atoms with E-state index in [9.17, 15) is 4.79 Å². The second kappa shape index (κ2) is 6.10. The minimum absolute atomic E-state index is 0.0346. The fourth-order valence-corrected chi connectivity index (χ4v) is 3.97. The van der Waals surface area contributed by atoms with Crippen molar-refractivity contribution in [3.05, 3.63) is 30.4 Å². The lowest BCUT2D eigenvalue weighted by Gasteiger charge is -2.20. The molecule has 23 heavy (non-hydrogen) atoms. The standard InChI is InChI=1S/C17H19N3O3/c21-16(8-14-7-11-3-4-12(14)6-11)22-10-15-19-17(20-23-15)13-2-1-5-18-9-13/h1-2,5,9,11-12,14H,3-4,6-8,10H2/t11-,12-,14-/m0/s1. The summed E-state index contributed by atoms with van der Waals surface area (Å²) in [6, 6.07) is 3.66. The molecule has 4 rings (SSSR count). The van der Waals surface area contributed by atoms with E-state index in [2.05, 4.69) is 15.1 Å².